The summed E-state index contributed by atoms with van der Waals surface area (Å²) in [5.41, 5.74) is 0. The molecule has 0 bridgehead atoms. The van der Waals surface area contributed by atoms with Crippen molar-refractivity contribution < 1.29 is 19.0 Å². The summed E-state index contributed by atoms with van der Waals surface area (Å²) in [6.07, 6.45) is 8.03. The van der Waals surface area contributed by atoms with Crippen LogP contribution in [-0.2, 0) is 19.0 Å². The standard InChI is InChI=1S/C14H20O4.CH4/c15-14(9-2-4-11-13(6-9)18-11)16-7-8-1-3-10-12(5-8)17-10;/h8-13H,1-7H2;1H4. The Hall–Kier alpha value is -0.610. The van der Waals surface area contributed by atoms with E-state index in [1.165, 1.54) is 0 Å². The second-order valence-corrected chi connectivity index (χ2v) is 6.25. The molecule has 4 rings (SSSR count). The normalized spacial score (nSPS) is 46.3. The zero-order chi connectivity index (χ0) is 12.1. The molecule has 0 aromatic heterocycles. The highest BCUT2D eigenvalue weighted by molar-refractivity contribution is 5.72. The Morgan fingerprint density at radius 1 is 0.947 bits per heavy atom. The molecule has 4 nitrogen and oxygen atoms in total. The number of carbonyl (C=O) groups excluding carboxylic acids is 1. The number of carbonyl (C=O) groups is 1. The second-order valence-electron chi connectivity index (χ2n) is 6.25. The number of hydrogen-bond donors (Lipinski definition) is 0. The zero-order valence-electron chi connectivity index (χ0n) is 10.5. The van der Waals surface area contributed by atoms with E-state index in [4.69, 9.17) is 14.2 Å². The van der Waals surface area contributed by atoms with Gasteiger partial charge in [-0.25, -0.2) is 0 Å². The van der Waals surface area contributed by atoms with E-state index in [1.54, 1.807) is 0 Å². The van der Waals surface area contributed by atoms with Crippen LogP contribution in [0.1, 0.15) is 46.0 Å². The molecular formula is C15H24O4. The fourth-order valence-electron chi connectivity index (χ4n) is 3.57. The lowest BCUT2D eigenvalue weighted by atomic mass is 9.89. The van der Waals surface area contributed by atoms with E-state index >= 15 is 0 Å². The van der Waals surface area contributed by atoms with Crippen molar-refractivity contribution in [2.75, 3.05) is 6.61 Å². The molecule has 4 heteroatoms. The molecule has 2 saturated heterocycles. The van der Waals surface area contributed by atoms with Gasteiger partial charge < -0.3 is 14.2 Å². The molecule has 2 saturated carbocycles. The highest BCUT2D eigenvalue weighted by Crippen LogP contribution is 2.41. The van der Waals surface area contributed by atoms with E-state index in [0.717, 1.165) is 38.5 Å². The summed E-state index contributed by atoms with van der Waals surface area (Å²) < 4.78 is 16.4. The van der Waals surface area contributed by atoms with Crippen molar-refractivity contribution in [1.82, 2.24) is 0 Å². The Morgan fingerprint density at radius 3 is 2.32 bits per heavy atom. The molecule has 108 valence electrons. The molecular weight excluding hydrogens is 244 g/mol. The summed E-state index contributed by atoms with van der Waals surface area (Å²) in [5, 5.41) is 0. The Morgan fingerprint density at radius 2 is 1.63 bits per heavy atom. The minimum atomic E-state index is 0. The molecule has 0 radical (unpaired) electrons. The van der Waals surface area contributed by atoms with Crippen LogP contribution in [0.5, 0.6) is 0 Å². The van der Waals surface area contributed by atoms with Gasteiger partial charge in [0.25, 0.3) is 0 Å². The Labute approximate surface area is 114 Å². The minimum absolute atomic E-state index is 0. The maximum Gasteiger partial charge on any atom is 0.309 e. The Bertz CT molecular complexity index is 356. The van der Waals surface area contributed by atoms with E-state index in [-0.39, 0.29) is 19.3 Å². The number of ether oxygens (including phenoxy) is 3. The summed E-state index contributed by atoms with van der Waals surface area (Å²) >= 11 is 0. The molecule has 2 aliphatic carbocycles. The van der Waals surface area contributed by atoms with E-state index in [0.29, 0.717) is 36.9 Å². The Balaban J connectivity index is 0.00000110. The second kappa shape index (κ2) is 5.06. The SMILES string of the molecule is C.O=C(OCC1CCC2OC2C1)C1CCC2OC2C1. The molecule has 0 amide bonds. The van der Waals surface area contributed by atoms with Gasteiger partial charge in [0, 0.05) is 0 Å². The van der Waals surface area contributed by atoms with Crippen molar-refractivity contribution in [2.45, 2.75) is 70.4 Å². The first-order chi connectivity index (χ1) is 8.79. The van der Waals surface area contributed by atoms with Crippen LogP contribution in [0.2, 0.25) is 0 Å². The molecule has 2 heterocycles. The van der Waals surface area contributed by atoms with E-state index in [2.05, 4.69) is 0 Å². The molecule has 19 heavy (non-hydrogen) atoms. The monoisotopic (exact) mass is 268 g/mol. The van der Waals surface area contributed by atoms with Crippen LogP contribution in [0.25, 0.3) is 0 Å². The fraction of sp³-hybridized carbons (Fsp3) is 0.933. The van der Waals surface area contributed by atoms with Gasteiger partial charge >= 0.3 is 5.97 Å². The lowest BCUT2D eigenvalue weighted by molar-refractivity contribution is -0.151. The molecule has 2 aliphatic heterocycles. The summed E-state index contributed by atoms with van der Waals surface area (Å²) in [5.74, 6) is 0.608. The van der Waals surface area contributed by atoms with E-state index in [1.807, 2.05) is 0 Å². The third kappa shape index (κ3) is 2.79. The van der Waals surface area contributed by atoms with Crippen LogP contribution in [0.15, 0.2) is 0 Å². The molecule has 0 aromatic carbocycles. The van der Waals surface area contributed by atoms with E-state index < -0.39 is 0 Å². The number of hydrogen-bond acceptors (Lipinski definition) is 4. The third-order valence-corrected chi connectivity index (χ3v) is 4.91. The molecule has 0 N–H and O–H groups in total. The van der Waals surface area contributed by atoms with Gasteiger partial charge in [-0.1, -0.05) is 7.43 Å². The van der Waals surface area contributed by atoms with Crippen molar-refractivity contribution in [1.29, 1.82) is 0 Å². The third-order valence-electron chi connectivity index (χ3n) is 4.91. The average molecular weight is 268 g/mol. The van der Waals surface area contributed by atoms with Gasteiger partial charge in [0.05, 0.1) is 36.9 Å². The number of esters is 1. The predicted octanol–water partition coefficient (Wildman–Crippen LogP) is 2.30. The smallest absolute Gasteiger partial charge is 0.309 e. The van der Waals surface area contributed by atoms with Gasteiger partial charge in [-0.2, -0.15) is 0 Å². The van der Waals surface area contributed by atoms with Crippen LogP contribution in [-0.4, -0.2) is 37.0 Å². The topological polar surface area (TPSA) is 51.4 Å². The fourth-order valence-corrected chi connectivity index (χ4v) is 3.57. The van der Waals surface area contributed by atoms with Crippen molar-refractivity contribution >= 4 is 5.97 Å². The van der Waals surface area contributed by atoms with Crippen molar-refractivity contribution in [3.63, 3.8) is 0 Å². The minimum Gasteiger partial charge on any atom is -0.465 e. The first-order valence-corrected chi connectivity index (χ1v) is 7.27. The molecule has 4 aliphatic rings. The van der Waals surface area contributed by atoms with Gasteiger partial charge in [0.1, 0.15) is 0 Å². The summed E-state index contributed by atoms with van der Waals surface area (Å²) in [4.78, 5) is 12.0. The molecule has 6 atom stereocenters. The number of fused-ring (bicyclic) bond motifs is 2. The van der Waals surface area contributed by atoms with Gasteiger partial charge in [-0.15, -0.1) is 0 Å². The van der Waals surface area contributed by atoms with Crippen molar-refractivity contribution in [3.8, 4) is 0 Å². The average Bonchev–Trinajstić information content (AvgIpc) is 3.26. The first kappa shape index (κ1) is 13.4. The maximum absolute atomic E-state index is 12.0. The zero-order valence-corrected chi connectivity index (χ0v) is 10.5. The van der Waals surface area contributed by atoms with Gasteiger partial charge in [0.2, 0.25) is 0 Å². The van der Waals surface area contributed by atoms with E-state index in [9.17, 15) is 4.79 Å². The van der Waals surface area contributed by atoms with Crippen LogP contribution < -0.4 is 0 Å². The summed E-state index contributed by atoms with van der Waals surface area (Å²) in [6.45, 7) is 0.594. The largest absolute Gasteiger partial charge is 0.465 e. The molecule has 0 aromatic rings. The highest BCUT2D eigenvalue weighted by Gasteiger charge is 2.47. The van der Waals surface area contributed by atoms with Crippen molar-refractivity contribution in [2.24, 2.45) is 11.8 Å². The van der Waals surface area contributed by atoms with Crippen LogP contribution in [0.4, 0.5) is 0 Å². The number of rotatable bonds is 3. The summed E-state index contributed by atoms with van der Waals surface area (Å²) in [7, 11) is 0. The highest BCUT2D eigenvalue weighted by atomic mass is 16.6. The predicted molar refractivity (Wildman–Crippen MR) is 69.7 cm³/mol. The lowest BCUT2D eigenvalue weighted by Crippen LogP contribution is -2.27. The van der Waals surface area contributed by atoms with Gasteiger partial charge in [-0.05, 0) is 44.4 Å². The lowest BCUT2D eigenvalue weighted by Gasteiger charge is -2.21. The molecule has 0 spiro atoms. The van der Waals surface area contributed by atoms with Gasteiger partial charge in [-0.3, -0.25) is 4.79 Å². The summed E-state index contributed by atoms with van der Waals surface area (Å²) in [6, 6.07) is 0. The van der Waals surface area contributed by atoms with Gasteiger partial charge in [0.15, 0.2) is 0 Å². The quantitative estimate of drug-likeness (QED) is 0.582. The molecule has 6 unspecified atom stereocenters. The van der Waals surface area contributed by atoms with Crippen molar-refractivity contribution in [3.05, 3.63) is 0 Å². The number of epoxide rings is 2. The van der Waals surface area contributed by atoms with Crippen LogP contribution >= 0.6 is 0 Å². The molecule has 4 fully saturated rings. The Kier molecular flexibility index (Phi) is 3.56. The first-order valence-electron chi connectivity index (χ1n) is 7.27. The maximum atomic E-state index is 12.0. The van der Waals surface area contributed by atoms with Crippen LogP contribution in [0, 0.1) is 11.8 Å². The van der Waals surface area contributed by atoms with Crippen LogP contribution in [0.3, 0.4) is 0 Å².